The highest BCUT2D eigenvalue weighted by Gasteiger charge is 2.22. The predicted molar refractivity (Wildman–Crippen MR) is 131 cm³/mol. The van der Waals surface area contributed by atoms with Gasteiger partial charge >= 0.3 is 0 Å². The van der Waals surface area contributed by atoms with E-state index in [2.05, 4.69) is 20.4 Å². The molecule has 0 aliphatic carbocycles. The molecule has 0 spiro atoms. The van der Waals surface area contributed by atoms with E-state index < -0.39 is 15.9 Å². The van der Waals surface area contributed by atoms with E-state index in [-0.39, 0.29) is 16.8 Å². The van der Waals surface area contributed by atoms with Crippen LogP contribution in [0, 0.1) is 5.82 Å². The zero-order valence-electron chi connectivity index (χ0n) is 19.7. The van der Waals surface area contributed by atoms with Gasteiger partial charge in [0.05, 0.1) is 35.2 Å². The maximum atomic E-state index is 13.3. The molecule has 3 aromatic heterocycles. The number of anilines is 1. The topological polar surface area (TPSA) is 110 Å². The second kappa shape index (κ2) is 9.41. The van der Waals surface area contributed by atoms with Crippen molar-refractivity contribution in [1.82, 2.24) is 25.1 Å². The van der Waals surface area contributed by atoms with E-state index in [1.165, 1.54) is 24.4 Å². The first-order valence-electron chi connectivity index (χ1n) is 10.9. The van der Waals surface area contributed by atoms with Crippen molar-refractivity contribution in [1.29, 1.82) is 0 Å². The van der Waals surface area contributed by atoms with Gasteiger partial charge < -0.3 is 10.2 Å². The smallest absolute Gasteiger partial charge is 0.254 e. The standard InChI is InChI=1S/C24H25FN6O3S/c1-5-20(15-10-22(30(2)3)29-23(11-15)35(4,33)34)28-24(32)19-12-26-14-21-18(19)13-27-31(21)17-8-6-16(25)7-9-17/h6-14,20H,5H2,1-4H3,(H,28,32). The first kappa shape index (κ1) is 24.3. The summed E-state index contributed by atoms with van der Waals surface area (Å²) >= 11 is 0. The number of sulfone groups is 1. The van der Waals surface area contributed by atoms with Gasteiger partial charge in [0.1, 0.15) is 11.6 Å². The maximum Gasteiger partial charge on any atom is 0.254 e. The van der Waals surface area contributed by atoms with E-state index in [9.17, 15) is 17.6 Å². The zero-order valence-corrected chi connectivity index (χ0v) is 20.5. The van der Waals surface area contributed by atoms with Crippen molar-refractivity contribution < 1.29 is 17.6 Å². The Bertz CT molecular complexity index is 1500. The van der Waals surface area contributed by atoms with E-state index in [4.69, 9.17) is 0 Å². The average molecular weight is 497 g/mol. The van der Waals surface area contributed by atoms with Crippen molar-refractivity contribution >= 4 is 32.5 Å². The normalized spacial score (nSPS) is 12.5. The molecule has 0 saturated heterocycles. The third-order valence-electron chi connectivity index (χ3n) is 5.58. The molecule has 182 valence electrons. The maximum absolute atomic E-state index is 13.3. The van der Waals surface area contributed by atoms with Gasteiger partial charge in [-0.25, -0.2) is 22.5 Å². The number of carbonyl (C=O) groups is 1. The van der Waals surface area contributed by atoms with Crippen molar-refractivity contribution in [3.8, 4) is 5.69 Å². The fourth-order valence-corrected chi connectivity index (χ4v) is 4.31. The van der Waals surface area contributed by atoms with Gasteiger partial charge in [-0.1, -0.05) is 6.92 Å². The van der Waals surface area contributed by atoms with E-state index >= 15 is 0 Å². The number of amides is 1. The number of fused-ring (bicyclic) bond motifs is 1. The van der Waals surface area contributed by atoms with Crippen LogP contribution in [-0.4, -0.2) is 54.4 Å². The van der Waals surface area contributed by atoms with Crippen molar-refractivity contribution in [3.63, 3.8) is 0 Å². The minimum atomic E-state index is -3.55. The molecule has 0 aliphatic rings. The van der Waals surface area contributed by atoms with Gasteiger partial charge in [0.15, 0.2) is 14.9 Å². The quantitative estimate of drug-likeness (QED) is 0.418. The molecule has 0 bridgehead atoms. The Morgan fingerprint density at radius 2 is 1.86 bits per heavy atom. The molecular formula is C24H25FN6O3S. The molecule has 0 saturated carbocycles. The summed E-state index contributed by atoms with van der Waals surface area (Å²) in [5, 5.41) is 7.87. The summed E-state index contributed by atoms with van der Waals surface area (Å²) in [6.45, 7) is 1.90. The molecule has 11 heteroatoms. The summed E-state index contributed by atoms with van der Waals surface area (Å²) in [5.74, 6) is -0.265. The molecule has 0 aliphatic heterocycles. The molecular weight excluding hydrogens is 471 g/mol. The van der Waals surface area contributed by atoms with E-state index in [0.29, 0.717) is 40.0 Å². The highest BCUT2D eigenvalue weighted by molar-refractivity contribution is 7.90. The molecule has 4 rings (SSSR count). The van der Waals surface area contributed by atoms with Gasteiger partial charge in [-0.05, 0) is 48.4 Å². The minimum absolute atomic E-state index is 0.0595. The number of carbonyl (C=O) groups excluding carboxylic acids is 1. The summed E-state index contributed by atoms with van der Waals surface area (Å²) < 4.78 is 39.3. The molecule has 0 radical (unpaired) electrons. The van der Waals surface area contributed by atoms with E-state index in [1.807, 2.05) is 6.92 Å². The lowest BCUT2D eigenvalue weighted by Crippen LogP contribution is -2.29. The molecule has 3 heterocycles. The lowest BCUT2D eigenvalue weighted by atomic mass is 10.0. The van der Waals surface area contributed by atoms with Gasteiger partial charge in [0.2, 0.25) is 0 Å². The molecule has 1 unspecified atom stereocenters. The van der Waals surface area contributed by atoms with E-state index in [1.54, 1.807) is 54.3 Å². The molecule has 35 heavy (non-hydrogen) atoms. The average Bonchev–Trinajstić information content (AvgIpc) is 3.26. The van der Waals surface area contributed by atoms with Crippen molar-refractivity contribution in [2.75, 3.05) is 25.3 Å². The van der Waals surface area contributed by atoms with Crippen LogP contribution in [0.4, 0.5) is 10.2 Å². The monoisotopic (exact) mass is 496 g/mol. The molecule has 1 aromatic carbocycles. The van der Waals surface area contributed by atoms with Crippen LogP contribution in [-0.2, 0) is 9.84 Å². The summed E-state index contributed by atoms with van der Waals surface area (Å²) in [5.41, 5.74) is 2.17. The Hall–Kier alpha value is -3.86. The molecule has 1 amide bonds. The van der Waals surface area contributed by atoms with E-state index in [0.717, 1.165) is 6.26 Å². The minimum Gasteiger partial charge on any atom is -0.363 e. The van der Waals surface area contributed by atoms with Crippen LogP contribution in [0.3, 0.4) is 0 Å². The Balaban J connectivity index is 1.69. The Kier molecular flexibility index (Phi) is 6.53. The number of hydrogen-bond acceptors (Lipinski definition) is 7. The number of pyridine rings is 2. The van der Waals surface area contributed by atoms with Gasteiger partial charge in [-0.3, -0.25) is 9.78 Å². The zero-order chi connectivity index (χ0) is 25.3. The molecule has 4 aromatic rings. The van der Waals surface area contributed by atoms with Crippen molar-refractivity contribution in [2.45, 2.75) is 24.4 Å². The number of hydrogen-bond donors (Lipinski definition) is 1. The predicted octanol–water partition coefficient (Wildman–Crippen LogP) is 3.31. The van der Waals surface area contributed by atoms with Crippen LogP contribution in [0.5, 0.6) is 0 Å². The second-order valence-corrected chi connectivity index (χ2v) is 10.3. The van der Waals surface area contributed by atoms with Crippen LogP contribution >= 0.6 is 0 Å². The summed E-state index contributed by atoms with van der Waals surface area (Å²) in [6.07, 6.45) is 6.23. The number of rotatable bonds is 7. The van der Waals surface area contributed by atoms with Crippen LogP contribution in [0.2, 0.25) is 0 Å². The Morgan fingerprint density at radius 1 is 1.14 bits per heavy atom. The SMILES string of the molecule is CCC(NC(=O)c1cncc2c1cnn2-c1ccc(F)cc1)c1cc(N(C)C)nc(S(C)(=O)=O)c1. The molecule has 0 fully saturated rings. The van der Waals surface area contributed by atoms with Crippen LogP contribution < -0.4 is 10.2 Å². The summed E-state index contributed by atoms with van der Waals surface area (Å²) in [7, 11) is -0.0204. The summed E-state index contributed by atoms with van der Waals surface area (Å²) in [6, 6.07) is 8.63. The highest BCUT2D eigenvalue weighted by atomic mass is 32.2. The third kappa shape index (κ3) is 4.99. The van der Waals surface area contributed by atoms with Crippen LogP contribution in [0.1, 0.15) is 35.3 Å². The van der Waals surface area contributed by atoms with Gasteiger partial charge in [-0.2, -0.15) is 5.10 Å². The van der Waals surface area contributed by atoms with Gasteiger partial charge in [0, 0.05) is 31.9 Å². The molecule has 1 atom stereocenters. The molecule has 9 nitrogen and oxygen atoms in total. The summed E-state index contributed by atoms with van der Waals surface area (Å²) in [4.78, 5) is 23.4. The number of benzene rings is 1. The van der Waals surface area contributed by atoms with Crippen LogP contribution in [0.15, 0.2) is 60.0 Å². The molecule has 1 N–H and O–H groups in total. The fraction of sp³-hybridized carbons (Fsp3) is 0.250. The Morgan fingerprint density at radius 3 is 2.49 bits per heavy atom. The largest absolute Gasteiger partial charge is 0.363 e. The first-order valence-corrected chi connectivity index (χ1v) is 12.8. The fourth-order valence-electron chi connectivity index (χ4n) is 3.70. The second-order valence-electron chi connectivity index (χ2n) is 8.35. The van der Waals surface area contributed by atoms with Gasteiger partial charge in [-0.15, -0.1) is 0 Å². The van der Waals surface area contributed by atoms with Crippen molar-refractivity contribution in [3.05, 3.63) is 71.9 Å². The lowest BCUT2D eigenvalue weighted by Gasteiger charge is -2.21. The number of nitrogens with one attached hydrogen (secondary N) is 1. The van der Waals surface area contributed by atoms with Gasteiger partial charge in [0.25, 0.3) is 5.91 Å². The Labute approximate surface area is 202 Å². The highest BCUT2D eigenvalue weighted by Crippen LogP contribution is 2.26. The number of halogens is 1. The third-order valence-corrected chi connectivity index (χ3v) is 6.55. The number of nitrogens with zero attached hydrogens (tertiary/aromatic N) is 5. The van der Waals surface area contributed by atoms with Crippen LogP contribution in [0.25, 0.3) is 16.6 Å². The number of aromatic nitrogens is 4. The van der Waals surface area contributed by atoms with Crippen molar-refractivity contribution in [2.24, 2.45) is 0 Å². The first-order chi connectivity index (χ1) is 16.6. The lowest BCUT2D eigenvalue weighted by molar-refractivity contribution is 0.0937.